The Morgan fingerprint density at radius 1 is 1.53 bits per heavy atom. The molecule has 1 heterocycles. The standard InChI is InChI=1S/C11H20N2S2/c1-11(2,14-3)7-13-10-12-6-9(15-10)8-4-5-8/h8-9H,4-7H2,1-3H3,(H,12,13). The molecule has 86 valence electrons. The highest BCUT2D eigenvalue weighted by molar-refractivity contribution is 8.14. The highest BCUT2D eigenvalue weighted by atomic mass is 32.2. The Balaban J connectivity index is 1.72. The monoisotopic (exact) mass is 244 g/mol. The van der Waals surface area contributed by atoms with E-state index in [-0.39, 0.29) is 0 Å². The first-order valence-corrected chi connectivity index (χ1v) is 7.71. The number of hydrogen-bond acceptors (Lipinski definition) is 4. The van der Waals surface area contributed by atoms with Crippen molar-refractivity contribution in [3.05, 3.63) is 0 Å². The van der Waals surface area contributed by atoms with Gasteiger partial charge >= 0.3 is 0 Å². The third kappa shape index (κ3) is 3.31. The van der Waals surface area contributed by atoms with Crippen LogP contribution in [0.4, 0.5) is 0 Å². The van der Waals surface area contributed by atoms with Crippen LogP contribution in [0, 0.1) is 5.92 Å². The van der Waals surface area contributed by atoms with E-state index in [2.05, 4.69) is 30.4 Å². The van der Waals surface area contributed by atoms with E-state index < -0.39 is 0 Å². The molecule has 2 aliphatic rings. The molecule has 0 saturated heterocycles. The smallest absolute Gasteiger partial charge is 0.156 e. The van der Waals surface area contributed by atoms with Gasteiger partial charge in [-0.2, -0.15) is 11.8 Å². The molecule has 1 N–H and O–H groups in total. The summed E-state index contributed by atoms with van der Waals surface area (Å²) in [6.45, 7) is 6.58. The average Bonchev–Trinajstić information content (AvgIpc) is 2.96. The van der Waals surface area contributed by atoms with Gasteiger partial charge in [-0.15, -0.1) is 0 Å². The molecule has 2 nitrogen and oxygen atoms in total. The molecule has 4 heteroatoms. The van der Waals surface area contributed by atoms with Gasteiger partial charge in [0, 0.05) is 16.5 Å². The molecular formula is C11H20N2S2. The average molecular weight is 244 g/mol. The van der Waals surface area contributed by atoms with Crippen LogP contribution >= 0.6 is 23.5 Å². The van der Waals surface area contributed by atoms with Crippen LogP contribution in [0.25, 0.3) is 0 Å². The second-order valence-electron chi connectivity index (χ2n) is 4.96. The molecule has 1 unspecified atom stereocenters. The number of thioether (sulfide) groups is 2. The van der Waals surface area contributed by atoms with Crippen molar-refractivity contribution in [1.29, 1.82) is 0 Å². The van der Waals surface area contributed by atoms with Gasteiger partial charge < -0.3 is 5.32 Å². The minimum atomic E-state index is 0.306. The van der Waals surface area contributed by atoms with Gasteiger partial charge in [0.15, 0.2) is 5.17 Å². The van der Waals surface area contributed by atoms with E-state index in [1.54, 1.807) is 0 Å². The maximum atomic E-state index is 4.57. The van der Waals surface area contributed by atoms with Crippen molar-refractivity contribution in [3.63, 3.8) is 0 Å². The van der Waals surface area contributed by atoms with Gasteiger partial charge in [0.25, 0.3) is 0 Å². The second-order valence-corrected chi connectivity index (χ2v) is 7.70. The zero-order valence-electron chi connectivity index (χ0n) is 9.75. The van der Waals surface area contributed by atoms with Crippen LogP contribution in [0.5, 0.6) is 0 Å². The van der Waals surface area contributed by atoms with Crippen molar-refractivity contribution in [2.45, 2.75) is 36.7 Å². The van der Waals surface area contributed by atoms with Crippen molar-refractivity contribution in [1.82, 2.24) is 5.32 Å². The Bertz CT molecular complexity index is 259. The van der Waals surface area contributed by atoms with Crippen molar-refractivity contribution >= 4 is 28.7 Å². The molecule has 1 atom stereocenters. The fourth-order valence-corrected chi connectivity index (χ4v) is 2.98. The highest BCUT2D eigenvalue weighted by Gasteiger charge is 2.35. The van der Waals surface area contributed by atoms with E-state index in [4.69, 9.17) is 0 Å². The number of hydrogen-bond donors (Lipinski definition) is 1. The SMILES string of the molecule is CSC(C)(C)CNC1=NCC(C2CC2)S1. The molecule has 15 heavy (non-hydrogen) atoms. The zero-order chi connectivity index (χ0) is 10.9. The molecule has 0 radical (unpaired) electrons. The topological polar surface area (TPSA) is 24.4 Å². The third-order valence-corrected chi connectivity index (χ3v) is 5.63. The van der Waals surface area contributed by atoms with E-state index in [0.717, 1.165) is 24.3 Å². The van der Waals surface area contributed by atoms with Gasteiger partial charge in [0.05, 0.1) is 6.54 Å². The number of rotatable bonds is 4. The maximum Gasteiger partial charge on any atom is 0.156 e. The minimum absolute atomic E-state index is 0.306. The lowest BCUT2D eigenvalue weighted by Gasteiger charge is -2.22. The summed E-state index contributed by atoms with van der Waals surface area (Å²) in [4.78, 5) is 4.57. The molecular weight excluding hydrogens is 224 g/mol. The zero-order valence-corrected chi connectivity index (χ0v) is 11.4. The molecule has 2 rings (SSSR count). The quantitative estimate of drug-likeness (QED) is 0.822. The lowest BCUT2D eigenvalue weighted by atomic mass is 10.2. The van der Waals surface area contributed by atoms with E-state index >= 15 is 0 Å². The lowest BCUT2D eigenvalue weighted by molar-refractivity contribution is 0.682. The van der Waals surface area contributed by atoms with Crippen molar-refractivity contribution in [3.8, 4) is 0 Å². The maximum absolute atomic E-state index is 4.57. The second kappa shape index (κ2) is 4.58. The van der Waals surface area contributed by atoms with Crippen LogP contribution in [0.1, 0.15) is 26.7 Å². The summed E-state index contributed by atoms with van der Waals surface area (Å²) in [5.74, 6) is 0.964. The molecule has 1 aliphatic carbocycles. The number of nitrogens with zero attached hydrogens (tertiary/aromatic N) is 1. The molecule has 1 aliphatic heterocycles. The number of amidine groups is 1. The Morgan fingerprint density at radius 3 is 2.87 bits per heavy atom. The van der Waals surface area contributed by atoms with Crippen molar-refractivity contribution in [2.24, 2.45) is 10.9 Å². The summed E-state index contributed by atoms with van der Waals surface area (Å²) in [6.07, 6.45) is 5.02. The van der Waals surface area contributed by atoms with Gasteiger partial charge in [0.2, 0.25) is 0 Å². The predicted molar refractivity (Wildman–Crippen MR) is 72.0 cm³/mol. The predicted octanol–water partition coefficient (Wildman–Crippen LogP) is 2.60. The summed E-state index contributed by atoms with van der Waals surface area (Å²) >= 11 is 3.87. The van der Waals surface area contributed by atoms with E-state index in [0.29, 0.717) is 4.75 Å². The molecule has 1 saturated carbocycles. The Labute approximate surface area is 101 Å². The third-order valence-electron chi connectivity index (χ3n) is 3.04. The van der Waals surface area contributed by atoms with E-state index in [1.807, 2.05) is 23.5 Å². The largest absolute Gasteiger partial charge is 0.364 e. The summed E-state index contributed by atoms with van der Waals surface area (Å²) < 4.78 is 0.306. The highest BCUT2D eigenvalue weighted by Crippen LogP contribution is 2.41. The first-order chi connectivity index (χ1) is 7.11. The van der Waals surface area contributed by atoms with Crippen molar-refractivity contribution in [2.75, 3.05) is 19.3 Å². The van der Waals surface area contributed by atoms with Crippen LogP contribution in [-0.2, 0) is 0 Å². The molecule has 0 aromatic rings. The summed E-state index contributed by atoms with van der Waals surface area (Å²) in [5.41, 5.74) is 0. The summed E-state index contributed by atoms with van der Waals surface area (Å²) in [5, 5.41) is 5.43. The Morgan fingerprint density at radius 2 is 2.27 bits per heavy atom. The van der Waals surface area contributed by atoms with Crippen LogP contribution < -0.4 is 5.32 Å². The van der Waals surface area contributed by atoms with Crippen LogP contribution in [0.3, 0.4) is 0 Å². The Kier molecular flexibility index (Phi) is 3.56. The van der Waals surface area contributed by atoms with Gasteiger partial charge in [-0.05, 0) is 38.9 Å². The molecule has 0 aromatic carbocycles. The van der Waals surface area contributed by atoms with Crippen LogP contribution in [0.2, 0.25) is 0 Å². The molecule has 1 fully saturated rings. The summed E-state index contributed by atoms with van der Waals surface area (Å²) in [7, 11) is 0. The van der Waals surface area contributed by atoms with Gasteiger partial charge in [-0.1, -0.05) is 11.8 Å². The fraction of sp³-hybridized carbons (Fsp3) is 0.909. The van der Waals surface area contributed by atoms with E-state index in [9.17, 15) is 0 Å². The van der Waals surface area contributed by atoms with Gasteiger partial charge in [-0.3, -0.25) is 4.99 Å². The minimum Gasteiger partial charge on any atom is -0.364 e. The Hall–Kier alpha value is 0.170. The first kappa shape index (κ1) is 11.6. The lowest BCUT2D eigenvalue weighted by Crippen LogP contribution is -2.34. The van der Waals surface area contributed by atoms with E-state index in [1.165, 1.54) is 18.0 Å². The summed E-state index contributed by atoms with van der Waals surface area (Å²) in [6, 6.07) is 0. The van der Waals surface area contributed by atoms with Crippen LogP contribution in [-0.4, -0.2) is 34.5 Å². The fourth-order valence-electron chi connectivity index (χ4n) is 1.56. The first-order valence-electron chi connectivity index (χ1n) is 5.61. The normalized spacial score (nSPS) is 26.6. The van der Waals surface area contributed by atoms with Gasteiger partial charge in [0.1, 0.15) is 0 Å². The van der Waals surface area contributed by atoms with Crippen LogP contribution in [0.15, 0.2) is 4.99 Å². The number of nitrogens with one attached hydrogen (secondary N) is 1. The molecule has 0 aromatic heterocycles. The number of aliphatic imine (C=N–C) groups is 1. The molecule has 0 bridgehead atoms. The molecule has 0 spiro atoms. The molecule has 0 amide bonds. The van der Waals surface area contributed by atoms with Gasteiger partial charge in [-0.25, -0.2) is 0 Å². The van der Waals surface area contributed by atoms with Crippen molar-refractivity contribution < 1.29 is 0 Å².